The SMILES string of the molecule is CC(C)N(C(C)C)C(C)C.CC(C)N(C)C(C)(C)C.CC(C)N1C(C)(C)CCCC1(C)C.CC(C)N1CCCC1.CC(C)N1CCCCC1.CC(C)N1CCN(C)CC1.CC(C)N1CCN(c2ccccc2)CC1.CN(C)C(C)(C)C.CN(c1ccccc1)C(C)(C)C. The molecule has 2 aromatic carbocycles. The molecule has 11 nitrogen and oxygen atoms in total. The lowest BCUT2D eigenvalue weighted by Gasteiger charge is -2.55. The van der Waals surface area contributed by atoms with Gasteiger partial charge in [0.05, 0.1) is 0 Å². The van der Waals surface area contributed by atoms with Gasteiger partial charge < -0.3 is 29.4 Å². The molecular weight excluding hydrogens is 1140 g/mol. The average molecular weight is 1310 g/mol. The lowest BCUT2D eigenvalue weighted by Crippen LogP contribution is -2.61. The van der Waals surface area contributed by atoms with E-state index in [2.05, 4.69) is 358 Å². The van der Waals surface area contributed by atoms with Gasteiger partial charge in [0, 0.05) is 153 Å². The summed E-state index contributed by atoms with van der Waals surface area (Å²) in [4.78, 5) is 27.0. The summed E-state index contributed by atoms with van der Waals surface area (Å²) < 4.78 is 0. The van der Waals surface area contributed by atoms with Gasteiger partial charge in [-0.25, -0.2) is 0 Å². The number of likely N-dealkylation sites (tertiary alicyclic amines) is 3. The van der Waals surface area contributed by atoms with E-state index in [0.717, 1.165) is 31.2 Å². The molecule has 0 unspecified atom stereocenters. The fraction of sp³-hybridized carbons (Fsp3) is 0.854. The van der Waals surface area contributed by atoms with Crippen LogP contribution in [0.2, 0.25) is 0 Å². The van der Waals surface area contributed by atoms with E-state index in [0.29, 0.717) is 58.4 Å². The average Bonchev–Trinajstić information content (AvgIpc) is 0.978. The number of hydrogen-bond acceptors (Lipinski definition) is 11. The molecule has 0 aromatic heterocycles. The first-order valence-corrected chi connectivity index (χ1v) is 37.8. The van der Waals surface area contributed by atoms with Gasteiger partial charge in [0.2, 0.25) is 0 Å². The molecule has 5 heterocycles. The van der Waals surface area contributed by atoms with Crippen LogP contribution in [0.1, 0.15) is 266 Å². The zero-order valence-electron chi connectivity index (χ0n) is 69.5. The van der Waals surface area contributed by atoms with Crippen molar-refractivity contribution in [3.8, 4) is 0 Å². The number of para-hydroxylation sites is 2. The van der Waals surface area contributed by atoms with Crippen molar-refractivity contribution in [2.75, 3.05) is 124 Å². The smallest absolute Gasteiger partial charge is 0.0367 e. The molecule has 0 amide bonds. The van der Waals surface area contributed by atoms with E-state index in [9.17, 15) is 0 Å². The fourth-order valence-corrected chi connectivity index (χ4v) is 13.2. The van der Waals surface area contributed by atoms with Crippen LogP contribution < -0.4 is 9.80 Å². The number of likely N-dealkylation sites (N-methyl/N-ethyl adjacent to an activating group) is 1. The van der Waals surface area contributed by atoms with Crippen molar-refractivity contribution in [3.05, 3.63) is 60.7 Å². The van der Waals surface area contributed by atoms with Crippen LogP contribution in [0.15, 0.2) is 60.7 Å². The summed E-state index contributed by atoms with van der Waals surface area (Å²) >= 11 is 0. The molecule has 93 heavy (non-hydrogen) atoms. The van der Waals surface area contributed by atoms with Crippen LogP contribution in [0, 0.1) is 0 Å². The highest BCUT2D eigenvalue weighted by Crippen LogP contribution is 2.39. The van der Waals surface area contributed by atoms with E-state index in [-0.39, 0.29) is 5.54 Å². The number of piperazine rings is 2. The molecule has 0 spiro atoms. The molecular formula is C82H167N11. The van der Waals surface area contributed by atoms with Crippen molar-refractivity contribution in [2.45, 2.75) is 348 Å². The molecule has 0 saturated carbocycles. The van der Waals surface area contributed by atoms with Gasteiger partial charge in [-0.3, -0.25) is 24.5 Å². The van der Waals surface area contributed by atoms with E-state index in [1.165, 1.54) is 128 Å². The summed E-state index contributed by atoms with van der Waals surface area (Å²) in [6, 6.07) is 27.4. The predicted octanol–water partition coefficient (Wildman–Crippen LogP) is 18.6. The van der Waals surface area contributed by atoms with Gasteiger partial charge in [-0.2, -0.15) is 0 Å². The van der Waals surface area contributed by atoms with Crippen LogP contribution in [0.5, 0.6) is 0 Å². The van der Waals surface area contributed by atoms with E-state index in [4.69, 9.17) is 0 Å². The number of rotatable bonds is 11. The highest BCUT2D eigenvalue weighted by atomic mass is 15.3. The first-order chi connectivity index (χ1) is 42.6. The number of benzene rings is 2. The Morgan fingerprint density at radius 1 is 0.355 bits per heavy atom. The van der Waals surface area contributed by atoms with E-state index < -0.39 is 0 Å². The van der Waals surface area contributed by atoms with E-state index >= 15 is 0 Å². The second kappa shape index (κ2) is 46.1. The molecule has 0 aliphatic carbocycles. The first kappa shape index (κ1) is 92.7. The summed E-state index contributed by atoms with van der Waals surface area (Å²) in [5.41, 5.74) is 4.24. The Balaban J connectivity index is 0. The fourth-order valence-electron chi connectivity index (χ4n) is 13.2. The van der Waals surface area contributed by atoms with Crippen LogP contribution in [0.3, 0.4) is 0 Å². The molecule has 0 bridgehead atoms. The van der Waals surface area contributed by atoms with Crippen LogP contribution in [-0.2, 0) is 0 Å². The number of anilines is 2. The van der Waals surface area contributed by atoms with Crippen LogP contribution >= 0.6 is 0 Å². The lowest BCUT2D eigenvalue weighted by atomic mass is 9.79. The topological polar surface area (TPSA) is 35.6 Å². The summed E-state index contributed by atoms with van der Waals surface area (Å²) in [6.07, 6.45) is 11.2. The third kappa shape index (κ3) is 40.4. The number of piperidine rings is 2. The van der Waals surface area contributed by atoms with Crippen LogP contribution in [-0.4, -0.2) is 240 Å². The Labute approximate surface area is 584 Å². The first-order valence-electron chi connectivity index (χ1n) is 37.8. The van der Waals surface area contributed by atoms with Crippen molar-refractivity contribution >= 4 is 11.4 Å². The molecule has 7 rings (SSSR count). The Hall–Kier alpha value is -2.32. The summed E-state index contributed by atoms with van der Waals surface area (Å²) in [5.74, 6) is 0. The molecule has 5 fully saturated rings. The Kier molecular flexibility index (Phi) is 46.0. The second-order valence-corrected chi connectivity index (χ2v) is 34.6. The molecule has 2 aromatic rings. The zero-order chi connectivity index (χ0) is 72.4. The van der Waals surface area contributed by atoms with Gasteiger partial charge in [0.1, 0.15) is 0 Å². The Bertz CT molecular complexity index is 2000. The summed E-state index contributed by atoms with van der Waals surface area (Å²) in [7, 11) is 10.6. The normalized spacial score (nSPS) is 18.7. The maximum atomic E-state index is 2.68. The molecule has 550 valence electrons. The van der Waals surface area contributed by atoms with Crippen molar-refractivity contribution < 1.29 is 0 Å². The van der Waals surface area contributed by atoms with Gasteiger partial charge in [-0.15, -0.1) is 0 Å². The Morgan fingerprint density at radius 2 is 0.667 bits per heavy atom. The van der Waals surface area contributed by atoms with Gasteiger partial charge in [0.15, 0.2) is 0 Å². The van der Waals surface area contributed by atoms with Gasteiger partial charge in [0.25, 0.3) is 0 Å². The standard InChI is InChI=1S/C13H20N2.C12H25N.C11H17N.C9H21N.C8H18N2.C8H17N.C8H19N.C7H15N.C6H15N/c1-12(2)14-8-10-15(11-9-14)13-6-4-3-5-7-13;1-10(2)13-11(3,4)8-7-9-12(13,5)6;1-11(2,3)12(4)10-8-6-5-7-9-10;1-7(2)10(8(3)4)9(5)6;1-8(2)10-6-4-9(3)5-7-10;1-8(2)9-6-4-3-5-7-9;1-7(2)9(6)8(3,4)5;1-7(2)8-5-3-4-6-8;1-6(2,3)7(4)5/h3-7,12H,8-11H2,1-2H3;10H,7-9H2,1-6H3;5-9H,1-4H3;7-9H,1-6H3;8H,4-7H2,1-3H3;8H,3-7H2,1-2H3;7H,1-6H3;7H,3-6H2,1-2H3;1-5H3. The third-order valence-electron chi connectivity index (χ3n) is 19.9. The lowest BCUT2D eigenvalue weighted by molar-refractivity contribution is -0.0508. The summed E-state index contributed by atoms with van der Waals surface area (Å²) in [5, 5.41) is 0. The largest absolute Gasteiger partial charge is 0.370 e. The van der Waals surface area contributed by atoms with Gasteiger partial charge in [-0.1, -0.05) is 42.8 Å². The maximum absolute atomic E-state index is 2.68. The van der Waals surface area contributed by atoms with Crippen molar-refractivity contribution in [1.82, 2.24) is 44.1 Å². The highest BCUT2D eigenvalue weighted by molar-refractivity contribution is 5.47. The van der Waals surface area contributed by atoms with Gasteiger partial charge in [-0.05, 0) is 338 Å². The monoisotopic (exact) mass is 1310 g/mol. The Morgan fingerprint density at radius 3 is 0.903 bits per heavy atom. The van der Waals surface area contributed by atoms with Crippen molar-refractivity contribution in [1.29, 1.82) is 0 Å². The van der Waals surface area contributed by atoms with E-state index in [1.807, 2.05) is 6.07 Å². The molecule has 5 aliphatic rings. The molecule has 0 N–H and O–H groups in total. The molecule has 0 atom stereocenters. The molecule has 5 aliphatic heterocycles. The van der Waals surface area contributed by atoms with Crippen molar-refractivity contribution in [3.63, 3.8) is 0 Å². The quantitative estimate of drug-likeness (QED) is 0.216. The molecule has 11 heteroatoms. The molecule has 0 radical (unpaired) electrons. The highest BCUT2D eigenvalue weighted by Gasteiger charge is 2.42. The maximum Gasteiger partial charge on any atom is 0.0367 e. The zero-order valence-corrected chi connectivity index (χ0v) is 69.5. The van der Waals surface area contributed by atoms with Gasteiger partial charge >= 0.3 is 0 Å². The molecule has 5 saturated heterocycles. The number of nitrogens with zero attached hydrogens (tertiary/aromatic N) is 11. The third-order valence-corrected chi connectivity index (χ3v) is 19.9. The van der Waals surface area contributed by atoms with E-state index in [1.54, 1.807) is 0 Å². The van der Waals surface area contributed by atoms with Crippen LogP contribution in [0.25, 0.3) is 0 Å². The van der Waals surface area contributed by atoms with Crippen LogP contribution in [0.4, 0.5) is 11.4 Å². The minimum Gasteiger partial charge on any atom is -0.370 e. The van der Waals surface area contributed by atoms with Crippen molar-refractivity contribution in [2.24, 2.45) is 0 Å². The minimum absolute atomic E-state index is 0.196. The predicted molar refractivity (Wildman–Crippen MR) is 423 cm³/mol. The second-order valence-electron chi connectivity index (χ2n) is 34.6. The minimum atomic E-state index is 0.196. The number of hydrogen-bond donors (Lipinski definition) is 0. The summed E-state index contributed by atoms with van der Waals surface area (Å²) in [6.45, 7) is 85.1.